The van der Waals surface area contributed by atoms with Crippen molar-refractivity contribution in [3.8, 4) is 11.6 Å². The summed E-state index contributed by atoms with van der Waals surface area (Å²) >= 11 is 0. The number of hydrogen-bond acceptors (Lipinski definition) is 10. The lowest BCUT2D eigenvalue weighted by Crippen LogP contribution is -2.47. The molecule has 0 saturated carbocycles. The fourth-order valence-corrected chi connectivity index (χ4v) is 5.34. The number of benzene rings is 4. The summed E-state index contributed by atoms with van der Waals surface area (Å²) in [5.74, 6) is 0.150. The number of pyridine rings is 1. The van der Waals surface area contributed by atoms with Gasteiger partial charge in [-0.15, -0.1) is 5.11 Å². The highest BCUT2D eigenvalue weighted by atomic mass is 16.5. The van der Waals surface area contributed by atoms with Gasteiger partial charge in [-0.25, -0.2) is 9.78 Å². The number of nitrogens with zero attached hydrogens (tertiary/aromatic N) is 7. The van der Waals surface area contributed by atoms with Crippen LogP contribution in [-0.4, -0.2) is 78.3 Å². The molecule has 11 nitrogen and oxygen atoms in total. The van der Waals surface area contributed by atoms with E-state index in [1.54, 1.807) is 6.07 Å². The number of ether oxygens (including phenoxy) is 2. The summed E-state index contributed by atoms with van der Waals surface area (Å²) in [6.45, 7) is 6.72. The van der Waals surface area contributed by atoms with Crippen LogP contribution in [0.2, 0.25) is 0 Å². The summed E-state index contributed by atoms with van der Waals surface area (Å²) in [6.07, 6.45) is 2.18. The van der Waals surface area contributed by atoms with Crippen molar-refractivity contribution in [2.24, 2.45) is 20.5 Å². The van der Waals surface area contributed by atoms with Crippen molar-refractivity contribution in [3.63, 3.8) is 0 Å². The highest BCUT2D eigenvalue weighted by Gasteiger charge is 2.17. The van der Waals surface area contributed by atoms with Gasteiger partial charge in [0.15, 0.2) is 0 Å². The lowest BCUT2D eigenvalue weighted by atomic mass is 10.1. The average molecular weight is 644 g/mol. The monoisotopic (exact) mass is 643 g/mol. The Morgan fingerprint density at radius 2 is 1.31 bits per heavy atom. The summed E-state index contributed by atoms with van der Waals surface area (Å²) in [5, 5.41) is 28.8. The minimum absolute atomic E-state index is 0.149. The Kier molecular flexibility index (Phi) is 11.0. The first-order chi connectivity index (χ1) is 23.6. The van der Waals surface area contributed by atoms with Crippen LogP contribution in [-0.2, 0) is 0 Å². The second-order valence-corrected chi connectivity index (χ2v) is 11.3. The van der Waals surface area contributed by atoms with Gasteiger partial charge in [0.2, 0.25) is 5.88 Å². The smallest absolute Gasteiger partial charge is 0.337 e. The van der Waals surface area contributed by atoms with Crippen LogP contribution in [0.3, 0.4) is 0 Å². The standard InChI is InChI=1S/C37H37N7O4/c45-37(46)29-12-18-35(38-27-29)48-25-6-19-43-20-22-44(23-21-43)24-26-47-34-17-11-28-7-4-5-10-33(28)36(34)42-41-32-15-13-31(14-16-32)40-39-30-8-2-1-3-9-30/h1-5,7-18,27H,6,19-26H2,(H,45,46)/b40-39+,42-41+. The molecule has 1 aliphatic heterocycles. The molecule has 244 valence electrons. The topological polar surface area (TPSA) is 125 Å². The Labute approximate surface area is 279 Å². The van der Waals surface area contributed by atoms with Crippen LogP contribution in [0.5, 0.6) is 11.6 Å². The highest BCUT2D eigenvalue weighted by Crippen LogP contribution is 2.37. The molecule has 0 spiro atoms. The molecule has 0 amide bonds. The van der Waals surface area contributed by atoms with Crippen molar-refractivity contribution in [3.05, 3.63) is 115 Å². The summed E-state index contributed by atoms with van der Waals surface area (Å²) < 4.78 is 12.0. The maximum absolute atomic E-state index is 11.0. The van der Waals surface area contributed by atoms with Crippen molar-refractivity contribution in [2.75, 3.05) is 52.5 Å². The predicted octanol–water partition coefficient (Wildman–Crippen LogP) is 8.23. The Morgan fingerprint density at radius 1 is 0.667 bits per heavy atom. The number of rotatable bonds is 14. The van der Waals surface area contributed by atoms with Crippen molar-refractivity contribution in [1.82, 2.24) is 14.8 Å². The lowest BCUT2D eigenvalue weighted by Gasteiger charge is -2.34. The first-order valence-electron chi connectivity index (χ1n) is 16.0. The third kappa shape index (κ3) is 9.05. The quantitative estimate of drug-likeness (QED) is 0.0955. The van der Waals surface area contributed by atoms with E-state index < -0.39 is 5.97 Å². The van der Waals surface area contributed by atoms with Crippen LogP contribution < -0.4 is 9.47 Å². The molecule has 1 saturated heterocycles. The average Bonchev–Trinajstić information content (AvgIpc) is 3.13. The molecule has 0 aliphatic carbocycles. The van der Waals surface area contributed by atoms with Gasteiger partial charge in [0.25, 0.3) is 0 Å². The van der Waals surface area contributed by atoms with Crippen molar-refractivity contribution < 1.29 is 19.4 Å². The molecule has 0 atom stereocenters. The van der Waals surface area contributed by atoms with Gasteiger partial charge in [-0.1, -0.05) is 48.5 Å². The number of carbonyl (C=O) groups is 1. The molecule has 0 unspecified atom stereocenters. The zero-order chi connectivity index (χ0) is 33.0. The van der Waals surface area contributed by atoms with E-state index in [4.69, 9.17) is 14.6 Å². The fourth-order valence-electron chi connectivity index (χ4n) is 5.34. The number of fused-ring (bicyclic) bond motifs is 1. The van der Waals surface area contributed by atoms with Crippen LogP contribution in [0.4, 0.5) is 22.7 Å². The first-order valence-corrected chi connectivity index (χ1v) is 16.0. The number of carboxylic acids is 1. The largest absolute Gasteiger partial charge is 0.490 e. The van der Waals surface area contributed by atoms with Crippen LogP contribution in [0, 0.1) is 0 Å². The predicted molar refractivity (Wildman–Crippen MR) is 185 cm³/mol. The van der Waals surface area contributed by atoms with Crippen molar-refractivity contribution in [1.29, 1.82) is 0 Å². The van der Waals surface area contributed by atoms with E-state index >= 15 is 0 Å². The molecule has 2 heterocycles. The molecule has 6 rings (SSSR count). The van der Waals surface area contributed by atoms with Gasteiger partial charge in [0, 0.05) is 56.9 Å². The lowest BCUT2D eigenvalue weighted by molar-refractivity contribution is 0.0696. The number of piperazine rings is 1. The molecule has 0 bridgehead atoms. The van der Waals surface area contributed by atoms with Crippen molar-refractivity contribution >= 4 is 39.5 Å². The summed E-state index contributed by atoms with van der Waals surface area (Å²) in [7, 11) is 0. The minimum atomic E-state index is -0.998. The van der Waals surface area contributed by atoms with Crippen LogP contribution in [0.15, 0.2) is 130 Å². The number of aromatic carboxylic acids is 1. The number of azo groups is 2. The Hall–Kier alpha value is -5.52. The maximum atomic E-state index is 11.0. The zero-order valence-electron chi connectivity index (χ0n) is 26.6. The summed E-state index contributed by atoms with van der Waals surface area (Å²) in [4.78, 5) is 19.9. The van der Waals surface area contributed by atoms with Crippen LogP contribution in [0.1, 0.15) is 16.8 Å². The Balaban J connectivity index is 0.978. The molecule has 5 aromatic rings. The SMILES string of the molecule is O=C(O)c1ccc(OCCCN2CCN(CCOc3ccc4ccccc4c3/N=N/c3ccc(/N=N/c4ccccc4)cc3)CC2)nc1. The van der Waals surface area contributed by atoms with E-state index in [1.165, 1.54) is 12.3 Å². The van der Waals surface area contributed by atoms with Crippen molar-refractivity contribution in [2.45, 2.75) is 6.42 Å². The number of hydrogen-bond donors (Lipinski definition) is 1. The Morgan fingerprint density at radius 3 is 2.00 bits per heavy atom. The van der Waals surface area contributed by atoms with Gasteiger partial charge >= 0.3 is 5.97 Å². The second kappa shape index (κ2) is 16.3. The van der Waals surface area contributed by atoms with Gasteiger partial charge in [-0.3, -0.25) is 4.90 Å². The molecule has 1 aliphatic rings. The highest BCUT2D eigenvalue weighted by molar-refractivity contribution is 5.95. The van der Waals surface area contributed by atoms with E-state index in [-0.39, 0.29) is 5.56 Å². The molecular weight excluding hydrogens is 606 g/mol. The van der Waals surface area contributed by atoms with Gasteiger partial charge < -0.3 is 19.5 Å². The second-order valence-electron chi connectivity index (χ2n) is 11.3. The first kappa shape index (κ1) is 32.4. The third-order valence-electron chi connectivity index (χ3n) is 8.00. The Bertz CT molecular complexity index is 1840. The molecular formula is C37H37N7O4. The van der Waals surface area contributed by atoms with Gasteiger partial charge in [0.1, 0.15) is 18.0 Å². The van der Waals surface area contributed by atoms with Gasteiger partial charge in [0.05, 0.1) is 29.2 Å². The third-order valence-corrected chi connectivity index (χ3v) is 8.00. The van der Waals surface area contributed by atoms with E-state index in [9.17, 15) is 4.79 Å². The molecule has 1 N–H and O–H groups in total. The van der Waals surface area contributed by atoms with Crippen LogP contribution >= 0.6 is 0 Å². The normalized spacial score (nSPS) is 14.2. The molecule has 1 aromatic heterocycles. The maximum Gasteiger partial charge on any atom is 0.337 e. The molecule has 0 radical (unpaired) electrons. The molecule has 11 heteroatoms. The van der Waals surface area contributed by atoms with Crippen LogP contribution in [0.25, 0.3) is 10.8 Å². The minimum Gasteiger partial charge on any atom is -0.490 e. The fraction of sp³-hybridized carbons (Fsp3) is 0.243. The molecule has 48 heavy (non-hydrogen) atoms. The number of carboxylic acid groups (broad SMARTS) is 1. The van der Waals surface area contributed by atoms with Gasteiger partial charge in [-0.05, 0) is 60.3 Å². The van der Waals surface area contributed by atoms with Gasteiger partial charge in [-0.2, -0.15) is 15.3 Å². The number of aromatic nitrogens is 1. The molecule has 4 aromatic carbocycles. The zero-order valence-corrected chi connectivity index (χ0v) is 26.6. The van der Waals surface area contributed by atoms with E-state index in [2.05, 4.69) is 47.4 Å². The van der Waals surface area contributed by atoms with E-state index in [1.807, 2.05) is 78.9 Å². The van der Waals surface area contributed by atoms with E-state index in [0.29, 0.717) is 36.2 Å². The van der Waals surface area contributed by atoms with E-state index in [0.717, 1.165) is 67.8 Å². The summed E-state index contributed by atoms with van der Waals surface area (Å²) in [6, 6.07) is 32.4. The molecule has 1 fully saturated rings. The summed E-state index contributed by atoms with van der Waals surface area (Å²) in [5.41, 5.74) is 3.11.